The largest absolute Gasteiger partial charge is 0.373 e. The summed E-state index contributed by atoms with van der Waals surface area (Å²) in [6.07, 6.45) is 5.37. The van der Waals surface area contributed by atoms with Crippen molar-refractivity contribution in [2.24, 2.45) is 0 Å². The fourth-order valence-corrected chi connectivity index (χ4v) is 1.23. The van der Waals surface area contributed by atoms with Crippen LogP contribution in [-0.2, 0) is 4.74 Å². The first-order valence-electron chi connectivity index (χ1n) is 4.63. The Hall–Kier alpha value is -1.08. The number of allylic oxidation sites excluding steroid dienone is 1. The van der Waals surface area contributed by atoms with Gasteiger partial charge in [-0.25, -0.2) is 0 Å². The number of benzene rings is 1. The van der Waals surface area contributed by atoms with Crippen molar-refractivity contribution in [2.75, 3.05) is 7.11 Å². The van der Waals surface area contributed by atoms with Gasteiger partial charge in [0.25, 0.3) is 0 Å². The molecule has 1 rings (SSSR count). The van der Waals surface area contributed by atoms with Gasteiger partial charge in [-0.15, -0.1) is 0 Å². The zero-order chi connectivity index (χ0) is 9.52. The molecular weight excluding hydrogens is 160 g/mol. The second-order valence-electron chi connectivity index (χ2n) is 2.90. The van der Waals surface area contributed by atoms with Crippen LogP contribution in [0.25, 0.3) is 0 Å². The predicted octanol–water partition coefficient (Wildman–Crippen LogP) is 3.34. The highest BCUT2D eigenvalue weighted by Crippen LogP contribution is 2.17. The molecule has 1 heteroatoms. The van der Waals surface area contributed by atoms with Crippen LogP contribution in [0.4, 0.5) is 0 Å². The van der Waals surface area contributed by atoms with Gasteiger partial charge in [0.05, 0.1) is 0 Å². The van der Waals surface area contributed by atoms with Crippen LogP contribution in [0.15, 0.2) is 42.5 Å². The molecule has 0 aliphatic heterocycles. The number of hydrogen-bond donors (Lipinski definition) is 0. The van der Waals surface area contributed by atoms with E-state index in [1.807, 2.05) is 18.2 Å². The van der Waals surface area contributed by atoms with E-state index in [2.05, 4.69) is 31.2 Å². The minimum atomic E-state index is 0.0983. The number of hydrogen-bond acceptors (Lipinski definition) is 1. The van der Waals surface area contributed by atoms with E-state index in [4.69, 9.17) is 4.74 Å². The van der Waals surface area contributed by atoms with Crippen LogP contribution in [0.2, 0.25) is 0 Å². The minimum Gasteiger partial charge on any atom is -0.373 e. The van der Waals surface area contributed by atoms with Crippen molar-refractivity contribution in [3.05, 3.63) is 48.0 Å². The molecule has 0 heterocycles. The third kappa shape index (κ3) is 3.03. The third-order valence-electron chi connectivity index (χ3n) is 1.93. The zero-order valence-electron chi connectivity index (χ0n) is 8.23. The summed E-state index contributed by atoms with van der Waals surface area (Å²) in [5.41, 5.74) is 1.20. The molecule has 0 aliphatic carbocycles. The lowest BCUT2D eigenvalue weighted by molar-refractivity contribution is 0.142. The van der Waals surface area contributed by atoms with Crippen molar-refractivity contribution in [3.8, 4) is 0 Å². The van der Waals surface area contributed by atoms with Crippen LogP contribution < -0.4 is 0 Å². The molecular formula is C12H16O. The Morgan fingerprint density at radius 1 is 1.31 bits per heavy atom. The zero-order valence-corrected chi connectivity index (χ0v) is 8.23. The van der Waals surface area contributed by atoms with Crippen molar-refractivity contribution in [3.63, 3.8) is 0 Å². The van der Waals surface area contributed by atoms with Crippen LogP contribution >= 0.6 is 0 Å². The molecule has 0 aromatic heterocycles. The highest BCUT2D eigenvalue weighted by Gasteiger charge is 2.03. The summed E-state index contributed by atoms with van der Waals surface area (Å²) < 4.78 is 5.35. The Labute approximate surface area is 80.0 Å². The molecule has 1 nitrogen and oxygen atoms in total. The van der Waals surface area contributed by atoms with Crippen LogP contribution in [0.5, 0.6) is 0 Å². The molecule has 0 spiro atoms. The Bertz CT molecular complexity index is 251. The van der Waals surface area contributed by atoms with E-state index < -0.39 is 0 Å². The first-order chi connectivity index (χ1) is 6.38. The summed E-state index contributed by atoms with van der Waals surface area (Å²) in [7, 11) is 1.73. The normalized spacial score (nSPS) is 13.4. The number of rotatable bonds is 4. The number of methoxy groups -OCH3 is 1. The molecule has 1 aromatic rings. The smallest absolute Gasteiger partial charge is 0.100 e. The maximum atomic E-state index is 5.35. The lowest BCUT2D eigenvalue weighted by Crippen LogP contribution is -1.96. The van der Waals surface area contributed by atoms with Crippen LogP contribution in [0.3, 0.4) is 0 Å². The van der Waals surface area contributed by atoms with Gasteiger partial charge in [-0.05, 0) is 12.0 Å². The van der Waals surface area contributed by atoms with E-state index in [0.717, 1.165) is 6.42 Å². The van der Waals surface area contributed by atoms with Crippen molar-refractivity contribution in [1.29, 1.82) is 0 Å². The Kier molecular flexibility index (Phi) is 4.27. The first kappa shape index (κ1) is 10.0. The molecule has 1 atom stereocenters. The SMILES string of the molecule is CC/C=C/C(OC)c1ccccc1. The molecule has 0 radical (unpaired) electrons. The summed E-state index contributed by atoms with van der Waals surface area (Å²) in [6.45, 7) is 2.12. The van der Waals surface area contributed by atoms with Gasteiger partial charge in [-0.1, -0.05) is 49.4 Å². The maximum absolute atomic E-state index is 5.35. The van der Waals surface area contributed by atoms with E-state index in [9.17, 15) is 0 Å². The molecule has 0 bridgehead atoms. The standard InChI is InChI=1S/C12H16O/c1-3-4-10-12(13-2)11-8-6-5-7-9-11/h4-10,12H,3H2,1-2H3/b10-4+. The summed E-state index contributed by atoms with van der Waals surface area (Å²) in [5.74, 6) is 0. The molecule has 13 heavy (non-hydrogen) atoms. The topological polar surface area (TPSA) is 9.23 Å². The average molecular weight is 176 g/mol. The monoisotopic (exact) mass is 176 g/mol. The lowest BCUT2D eigenvalue weighted by Gasteiger charge is -2.10. The van der Waals surface area contributed by atoms with Crippen LogP contribution in [0.1, 0.15) is 25.0 Å². The second-order valence-corrected chi connectivity index (χ2v) is 2.90. The van der Waals surface area contributed by atoms with Crippen LogP contribution in [0, 0.1) is 0 Å². The third-order valence-corrected chi connectivity index (χ3v) is 1.93. The van der Waals surface area contributed by atoms with Gasteiger partial charge >= 0.3 is 0 Å². The van der Waals surface area contributed by atoms with Crippen molar-refractivity contribution >= 4 is 0 Å². The highest BCUT2D eigenvalue weighted by molar-refractivity contribution is 5.21. The molecule has 0 fully saturated rings. The fraction of sp³-hybridized carbons (Fsp3) is 0.333. The van der Waals surface area contributed by atoms with E-state index >= 15 is 0 Å². The van der Waals surface area contributed by atoms with Gasteiger partial charge < -0.3 is 4.74 Å². The highest BCUT2D eigenvalue weighted by atomic mass is 16.5. The number of ether oxygens (including phenoxy) is 1. The van der Waals surface area contributed by atoms with Gasteiger partial charge in [0.1, 0.15) is 6.10 Å². The van der Waals surface area contributed by atoms with Gasteiger partial charge in [-0.2, -0.15) is 0 Å². The van der Waals surface area contributed by atoms with E-state index in [-0.39, 0.29) is 6.10 Å². The fourth-order valence-electron chi connectivity index (χ4n) is 1.23. The lowest BCUT2D eigenvalue weighted by atomic mass is 10.1. The molecule has 0 saturated carbocycles. The molecule has 0 amide bonds. The summed E-state index contributed by atoms with van der Waals surface area (Å²) in [5, 5.41) is 0. The van der Waals surface area contributed by atoms with Gasteiger partial charge in [0.15, 0.2) is 0 Å². The Balaban J connectivity index is 2.73. The molecule has 0 aliphatic rings. The molecule has 0 N–H and O–H groups in total. The molecule has 70 valence electrons. The Morgan fingerprint density at radius 2 is 2.00 bits per heavy atom. The summed E-state index contributed by atoms with van der Waals surface area (Å²) in [6, 6.07) is 10.2. The van der Waals surface area contributed by atoms with Crippen molar-refractivity contribution in [2.45, 2.75) is 19.4 Å². The maximum Gasteiger partial charge on any atom is 0.100 e. The molecule has 1 unspecified atom stereocenters. The van der Waals surface area contributed by atoms with Gasteiger partial charge in [0.2, 0.25) is 0 Å². The van der Waals surface area contributed by atoms with E-state index in [1.165, 1.54) is 5.56 Å². The molecule has 1 aromatic carbocycles. The quantitative estimate of drug-likeness (QED) is 0.639. The summed E-state index contributed by atoms with van der Waals surface area (Å²) in [4.78, 5) is 0. The van der Waals surface area contributed by atoms with E-state index in [0.29, 0.717) is 0 Å². The van der Waals surface area contributed by atoms with Gasteiger partial charge in [-0.3, -0.25) is 0 Å². The van der Waals surface area contributed by atoms with Crippen LogP contribution in [-0.4, -0.2) is 7.11 Å². The minimum absolute atomic E-state index is 0.0983. The first-order valence-corrected chi connectivity index (χ1v) is 4.63. The Morgan fingerprint density at radius 3 is 2.54 bits per heavy atom. The molecule has 0 saturated heterocycles. The van der Waals surface area contributed by atoms with Crippen molar-refractivity contribution < 1.29 is 4.74 Å². The van der Waals surface area contributed by atoms with E-state index in [1.54, 1.807) is 7.11 Å². The average Bonchev–Trinajstić information content (AvgIpc) is 2.21. The second kappa shape index (κ2) is 5.55. The van der Waals surface area contributed by atoms with Gasteiger partial charge in [0, 0.05) is 7.11 Å². The summed E-state index contributed by atoms with van der Waals surface area (Å²) >= 11 is 0. The predicted molar refractivity (Wildman–Crippen MR) is 55.6 cm³/mol. The van der Waals surface area contributed by atoms with Crippen molar-refractivity contribution in [1.82, 2.24) is 0 Å².